The highest BCUT2D eigenvalue weighted by molar-refractivity contribution is 8.14. The van der Waals surface area contributed by atoms with Crippen molar-refractivity contribution < 1.29 is 29.3 Å². The molecule has 1 saturated heterocycles. The summed E-state index contributed by atoms with van der Waals surface area (Å²) >= 11 is 0.912. The third-order valence-corrected chi connectivity index (χ3v) is 8.04. The lowest BCUT2D eigenvalue weighted by Gasteiger charge is -2.38. The van der Waals surface area contributed by atoms with Crippen LogP contribution in [-0.4, -0.2) is 76.9 Å². The number of ether oxygens (including phenoxy) is 1. The van der Waals surface area contributed by atoms with Crippen LogP contribution in [0, 0.1) is 17.8 Å². The maximum absolute atomic E-state index is 13.7. The number of rotatable bonds is 6. The van der Waals surface area contributed by atoms with Crippen molar-refractivity contribution in [1.29, 1.82) is 0 Å². The fourth-order valence-electron chi connectivity index (χ4n) is 4.65. The number of likely N-dealkylation sites (N-methyl/N-ethyl adjacent to an activating group) is 1. The van der Waals surface area contributed by atoms with Crippen molar-refractivity contribution in [3.05, 3.63) is 41.4 Å². The molecule has 3 heterocycles. The molecular formula is C31H43F2N7O4S. The molecule has 2 aliphatic heterocycles. The summed E-state index contributed by atoms with van der Waals surface area (Å²) in [7, 11) is 2.94. The Morgan fingerprint density at radius 3 is 2.51 bits per heavy atom. The molecule has 0 bridgehead atoms. The number of amides is 3. The van der Waals surface area contributed by atoms with Crippen molar-refractivity contribution in [3.8, 4) is 11.8 Å². The van der Waals surface area contributed by atoms with Gasteiger partial charge in [-0.25, -0.2) is 13.8 Å². The van der Waals surface area contributed by atoms with E-state index in [1.807, 2.05) is 27.7 Å². The molecule has 2 aliphatic carbocycles. The van der Waals surface area contributed by atoms with E-state index in [1.165, 1.54) is 41.4 Å². The van der Waals surface area contributed by atoms with E-state index in [4.69, 9.17) is 16.2 Å². The number of nitrogens with two attached hydrogens (primary N) is 2. The minimum atomic E-state index is -2.77. The number of hydrogen-bond donors (Lipinski definition) is 3. The number of hydrogen-bond acceptors (Lipinski definition) is 8. The van der Waals surface area contributed by atoms with Gasteiger partial charge in [-0.15, -0.1) is 0 Å². The average molecular weight is 648 g/mol. The fraction of sp³-hybridized carbons (Fsp3) is 0.516. The summed E-state index contributed by atoms with van der Waals surface area (Å²) in [5, 5.41) is 1.73. The molecule has 14 heteroatoms. The molecule has 2 saturated carbocycles. The maximum atomic E-state index is 13.7. The Labute approximate surface area is 268 Å². The van der Waals surface area contributed by atoms with E-state index in [0.29, 0.717) is 18.8 Å². The summed E-state index contributed by atoms with van der Waals surface area (Å²) in [6.07, 6.45) is 4.02. The van der Waals surface area contributed by atoms with Crippen LogP contribution in [-0.2, 0) is 14.3 Å². The van der Waals surface area contributed by atoms with E-state index in [0.717, 1.165) is 24.6 Å². The average Bonchev–Trinajstić information content (AvgIpc) is 3.98. The number of amidine groups is 1. The Morgan fingerprint density at radius 2 is 1.93 bits per heavy atom. The molecular weight excluding hydrogens is 604 g/mol. The number of allylic oxidation sites excluding steroid dienone is 1. The number of dihydropyridines is 1. The van der Waals surface area contributed by atoms with Gasteiger partial charge in [0.05, 0.1) is 12.7 Å². The van der Waals surface area contributed by atoms with Crippen LogP contribution >= 0.6 is 11.8 Å². The summed E-state index contributed by atoms with van der Waals surface area (Å²) in [6, 6.07) is 0.0233. The summed E-state index contributed by atoms with van der Waals surface area (Å²) in [5.41, 5.74) is 11.2. The van der Waals surface area contributed by atoms with Crippen LogP contribution in [0.3, 0.4) is 0 Å². The van der Waals surface area contributed by atoms with Crippen LogP contribution in [0.15, 0.2) is 35.3 Å². The quantitative estimate of drug-likeness (QED) is 0.181. The van der Waals surface area contributed by atoms with Gasteiger partial charge in [-0.2, -0.15) is 4.99 Å². The van der Waals surface area contributed by atoms with Gasteiger partial charge in [-0.1, -0.05) is 51.3 Å². The zero-order valence-electron chi connectivity index (χ0n) is 26.4. The first kappa shape index (κ1) is 35.5. The van der Waals surface area contributed by atoms with Crippen molar-refractivity contribution in [2.45, 2.75) is 76.8 Å². The molecule has 1 aromatic heterocycles. The van der Waals surface area contributed by atoms with Crippen LogP contribution < -0.4 is 21.7 Å². The molecule has 2 unspecified atom stereocenters. The summed E-state index contributed by atoms with van der Waals surface area (Å²) in [6.45, 7) is 7.74. The number of nitrogens with zero attached hydrogens (tertiary/aromatic N) is 4. The number of halogens is 2. The lowest BCUT2D eigenvalue weighted by molar-refractivity contribution is -0.143. The Balaban J connectivity index is 0.00000142. The summed E-state index contributed by atoms with van der Waals surface area (Å²) in [4.78, 5) is 50.4. The van der Waals surface area contributed by atoms with Crippen LogP contribution in [0.25, 0.3) is 5.57 Å². The molecule has 11 nitrogen and oxygen atoms in total. The van der Waals surface area contributed by atoms with Gasteiger partial charge in [0.2, 0.25) is 5.91 Å². The zero-order chi connectivity index (χ0) is 33.5. The fourth-order valence-corrected chi connectivity index (χ4v) is 5.18. The van der Waals surface area contributed by atoms with Gasteiger partial charge in [0.15, 0.2) is 5.17 Å². The van der Waals surface area contributed by atoms with Crippen LogP contribution in [0.2, 0.25) is 0 Å². The van der Waals surface area contributed by atoms with Crippen molar-refractivity contribution in [1.82, 2.24) is 15.2 Å². The number of carbonyl (C=O) groups excluding carboxylic acids is 3. The van der Waals surface area contributed by atoms with Crippen molar-refractivity contribution in [2.75, 3.05) is 25.6 Å². The number of pyridine rings is 1. The van der Waals surface area contributed by atoms with E-state index in [-0.39, 0.29) is 53.2 Å². The monoisotopic (exact) mass is 647 g/mol. The van der Waals surface area contributed by atoms with Gasteiger partial charge in [0.1, 0.15) is 35.1 Å². The van der Waals surface area contributed by atoms with E-state index in [9.17, 15) is 23.2 Å². The minimum absolute atomic E-state index is 0. The molecule has 2 atom stereocenters. The predicted octanol–water partition coefficient (Wildman–Crippen LogP) is 3.71. The van der Waals surface area contributed by atoms with Gasteiger partial charge >= 0.3 is 0 Å². The SMILES string of the molecule is CC.CC.COC1=CNC(C(F)F)C=C1c1cc(N2CC(=O)N(C)C3(CC3)C2=O)ncc1C(=O)N=C(N)SC(N)C#CC1CC1.[HH]. The van der Waals surface area contributed by atoms with Crippen LogP contribution in [0.5, 0.6) is 0 Å². The van der Waals surface area contributed by atoms with Crippen LogP contribution in [0.1, 0.15) is 70.7 Å². The van der Waals surface area contributed by atoms with Gasteiger partial charge in [0.25, 0.3) is 18.2 Å². The molecule has 0 aromatic carbocycles. The number of aromatic nitrogens is 1. The van der Waals surface area contributed by atoms with E-state index < -0.39 is 29.3 Å². The Morgan fingerprint density at radius 1 is 1.27 bits per heavy atom. The third kappa shape index (κ3) is 8.01. The molecule has 3 amide bonds. The Kier molecular flexibility index (Phi) is 12.1. The lowest BCUT2D eigenvalue weighted by Crippen LogP contribution is -2.60. The standard InChI is InChI=1S/C27H29F2N7O4S.2C2H6.H2/c1-35-22(37)13-36(25(39)27(35)7-8-27)21-10-15(16-9-18(23(28)29)32-12-19(16)40-2)17(11-33-21)24(38)34-26(31)41-20(30)6-5-14-3-4-14;2*1-2;/h9-12,14,18,20,23,32H,3-4,7-8,13,30H2,1-2H3,(H2,31,34,38);2*1-2H3;1H. The third-order valence-electron chi connectivity index (χ3n) is 7.34. The highest BCUT2D eigenvalue weighted by Crippen LogP contribution is 2.45. The van der Waals surface area contributed by atoms with Gasteiger partial charge in [-0.05, 0) is 37.8 Å². The number of aliphatic imine (C=N–C) groups is 1. The molecule has 5 rings (SSSR count). The minimum Gasteiger partial charge on any atom is -0.495 e. The van der Waals surface area contributed by atoms with Crippen molar-refractivity contribution >= 4 is 46.0 Å². The number of anilines is 1. The number of nitrogens with one attached hydrogen (secondary N) is 1. The molecule has 246 valence electrons. The summed E-state index contributed by atoms with van der Waals surface area (Å²) < 4.78 is 32.8. The molecule has 5 N–H and O–H groups in total. The van der Waals surface area contributed by atoms with Gasteiger partial charge in [-0.3, -0.25) is 19.3 Å². The van der Waals surface area contributed by atoms with Crippen molar-refractivity contribution in [2.24, 2.45) is 22.4 Å². The topological polar surface area (TPSA) is 156 Å². The Bertz CT molecular complexity index is 1450. The maximum Gasteiger partial charge on any atom is 0.281 e. The molecule has 1 spiro atoms. The number of methoxy groups -OCH3 is 1. The molecule has 4 aliphatic rings. The first-order valence-corrected chi connectivity index (χ1v) is 15.8. The van der Waals surface area contributed by atoms with E-state index in [1.54, 1.807) is 7.05 Å². The van der Waals surface area contributed by atoms with Crippen LogP contribution in [0.4, 0.5) is 14.6 Å². The number of piperazine rings is 1. The molecule has 3 fully saturated rings. The number of carbonyl (C=O) groups is 3. The molecule has 0 radical (unpaired) electrons. The highest BCUT2D eigenvalue weighted by atomic mass is 32.2. The number of alkyl halides is 2. The smallest absolute Gasteiger partial charge is 0.281 e. The van der Waals surface area contributed by atoms with E-state index >= 15 is 0 Å². The predicted molar refractivity (Wildman–Crippen MR) is 174 cm³/mol. The first-order chi connectivity index (χ1) is 21.5. The lowest BCUT2D eigenvalue weighted by atomic mass is 9.95. The Hall–Kier alpha value is -3.96. The second-order valence-corrected chi connectivity index (χ2v) is 11.3. The second kappa shape index (κ2) is 15.4. The molecule has 45 heavy (non-hydrogen) atoms. The number of thioether (sulfide) groups is 1. The van der Waals surface area contributed by atoms with E-state index in [2.05, 4.69) is 27.1 Å². The largest absolute Gasteiger partial charge is 0.495 e. The molecule has 1 aromatic rings. The summed E-state index contributed by atoms with van der Waals surface area (Å²) in [5.74, 6) is 5.11. The highest BCUT2D eigenvalue weighted by Gasteiger charge is 2.60. The first-order valence-electron chi connectivity index (χ1n) is 15.0. The zero-order valence-corrected chi connectivity index (χ0v) is 27.2. The second-order valence-electron chi connectivity index (χ2n) is 10.1. The normalized spacial score (nSPS) is 20.8. The van der Waals surface area contributed by atoms with Gasteiger partial charge < -0.3 is 26.4 Å². The van der Waals surface area contributed by atoms with Crippen molar-refractivity contribution in [3.63, 3.8) is 0 Å². The van der Waals surface area contributed by atoms with Gasteiger partial charge in [0, 0.05) is 37.9 Å².